The van der Waals surface area contributed by atoms with E-state index in [0.29, 0.717) is 19.3 Å². The third kappa shape index (κ3) is 10.2. The number of furan rings is 1. The molecule has 0 aliphatic heterocycles. The van der Waals surface area contributed by atoms with Gasteiger partial charge in [0.15, 0.2) is 5.76 Å². The Kier molecular flexibility index (Phi) is 13.6. The Morgan fingerprint density at radius 3 is 2.40 bits per heavy atom. The molecule has 0 fully saturated rings. The predicted molar refractivity (Wildman–Crippen MR) is 171 cm³/mol. The normalized spacial score (nSPS) is 12.4. The molecule has 15 heteroatoms. The molecule has 0 radical (unpaired) electrons. The zero-order chi connectivity index (χ0) is 34.6. The lowest BCUT2D eigenvalue weighted by atomic mass is 9.90. The topological polar surface area (TPSA) is 205 Å². The minimum atomic E-state index is -4.61. The van der Waals surface area contributed by atoms with Crippen LogP contribution in [0.15, 0.2) is 59.0 Å². The molecule has 5 N–H and O–H groups in total. The van der Waals surface area contributed by atoms with E-state index < -0.39 is 37.3 Å². The van der Waals surface area contributed by atoms with Crippen LogP contribution in [0.3, 0.4) is 0 Å². The highest BCUT2D eigenvalue weighted by Crippen LogP contribution is 2.37. The largest absolute Gasteiger partial charge is 0.507 e. The molecule has 0 saturated heterocycles. The molecule has 2 atom stereocenters. The molecule has 3 amide bonds. The number of phenolic OH excluding ortho intramolecular Hbond substituents is 1. The second-order valence-electron chi connectivity index (χ2n) is 10.5. The summed E-state index contributed by atoms with van der Waals surface area (Å²) < 4.78 is 22.9. The van der Waals surface area contributed by atoms with Crippen LogP contribution in [0.25, 0.3) is 11.3 Å². The number of nitrogens with one attached hydrogen (secondary N) is 2. The third-order valence-electron chi connectivity index (χ3n) is 7.25. The number of para-hydroxylation sites is 1. The van der Waals surface area contributed by atoms with Gasteiger partial charge < -0.3 is 39.5 Å². The Morgan fingerprint density at radius 1 is 1.02 bits per heavy atom. The van der Waals surface area contributed by atoms with Crippen molar-refractivity contribution in [1.82, 2.24) is 15.7 Å². The number of amides is 3. The first-order chi connectivity index (χ1) is 22.4. The molecular weight excluding hydrogens is 633 g/mol. The van der Waals surface area contributed by atoms with Gasteiger partial charge in [0.1, 0.15) is 22.8 Å². The van der Waals surface area contributed by atoms with E-state index in [1.807, 2.05) is 6.92 Å². The number of hydroxylamine groups is 2. The van der Waals surface area contributed by atoms with E-state index in [2.05, 4.69) is 10.6 Å². The molecule has 0 bridgehead atoms. The van der Waals surface area contributed by atoms with Crippen LogP contribution in [0.4, 0.5) is 0 Å². The quantitative estimate of drug-likeness (QED) is 0.0431. The molecule has 3 rings (SSSR count). The fourth-order valence-corrected chi connectivity index (χ4v) is 5.50. The van der Waals surface area contributed by atoms with Gasteiger partial charge in [-0.15, -0.1) is 0 Å². The maximum atomic E-state index is 13.4. The Labute approximate surface area is 272 Å². The molecule has 47 heavy (non-hydrogen) atoms. The predicted octanol–water partition coefficient (Wildman–Crippen LogP) is 3.86. The molecular formula is C32H40N3O11P. The number of nitrogens with zero attached hydrogens (tertiary/aromatic N) is 1. The summed E-state index contributed by atoms with van der Waals surface area (Å²) in [6, 6.07) is 11.7. The van der Waals surface area contributed by atoms with Crippen LogP contribution in [-0.4, -0.2) is 63.5 Å². The summed E-state index contributed by atoms with van der Waals surface area (Å²) in [5.74, 6) is -3.00. The highest BCUT2D eigenvalue weighted by atomic mass is 31.2. The Bertz CT molecular complexity index is 1590. The SMILES string of the molecule is CCCCC[C@@H](C(=O)NCNC(=O)c1ccc(-c2cc(OCC)cc(P(=O)(O)O)c2)o1)[C@@H](CC)N(C=O)OC(=O)c1ccccc1O. The number of hydrogen-bond acceptors (Lipinski definition) is 9. The lowest BCUT2D eigenvalue weighted by molar-refractivity contribution is -0.171. The fourth-order valence-electron chi connectivity index (χ4n) is 4.90. The second kappa shape index (κ2) is 17.3. The average Bonchev–Trinajstić information content (AvgIpc) is 3.54. The first kappa shape index (κ1) is 36.8. The highest BCUT2D eigenvalue weighted by Gasteiger charge is 2.34. The molecule has 0 aliphatic rings. The number of unbranched alkanes of at least 4 members (excludes halogenated alkanes) is 2. The Morgan fingerprint density at radius 2 is 1.77 bits per heavy atom. The van der Waals surface area contributed by atoms with E-state index in [-0.39, 0.29) is 59.1 Å². The van der Waals surface area contributed by atoms with Gasteiger partial charge in [0.2, 0.25) is 12.3 Å². The Balaban J connectivity index is 1.70. The number of carbonyl (C=O) groups excluding carboxylic acids is 4. The zero-order valence-corrected chi connectivity index (χ0v) is 27.3. The van der Waals surface area contributed by atoms with Crippen LogP contribution in [0.2, 0.25) is 0 Å². The molecule has 0 saturated carbocycles. The van der Waals surface area contributed by atoms with Gasteiger partial charge in [-0.1, -0.05) is 45.2 Å². The molecule has 3 aromatic rings. The van der Waals surface area contributed by atoms with Gasteiger partial charge in [-0.2, -0.15) is 5.06 Å². The molecule has 254 valence electrons. The van der Waals surface area contributed by atoms with Gasteiger partial charge in [0.05, 0.1) is 30.5 Å². The van der Waals surface area contributed by atoms with Crippen LogP contribution in [0.1, 0.15) is 73.8 Å². The van der Waals surface area contributed by atoms with Gasteiger partial charge in [-0.05, 0) is 62.2 Å². The maximum Gasteiger partial charge on any atom is 0.366 e. The van der Waals surface area contributed by atoms with Crippen molar-refractivity contribution in [3.8, 4) is 22.8 Å². The summed E-state index contributed by atoms with van der Waals surface area (Å²) in [6.45, 7) is 5.42. The van der Waals surface area contributed by atoms with E-state index in [1.54, 1.807) is 13.8 Å². The summed E-state index contributed by atoms with van der Waals surface area (Å²) in [6.07, 6.45) is 3.29. The minimum absolute atomic E-state index is 0.122. The third-order valence-corrected chi connectivity index (χ3v) is 8.18. The smallest absolute Gasteiger partial charge is 0.366 e. The summed E-state index contributed by atoms with van der Waals surface area (Å²) in [4.78, 5) is 75.6. The van der Waals surface area contributed by atoms with Crippen molar-refractivity contribution in [3.63, 3.8) is 0 Å². The number of phenols is 1. The summed E-state index contributed by atoms with van der Waals surface area (Å²) in [5.41, 5.74) is 0.138. The molecule has 1 aromatic heterocycles. The van der Waals surface area contributed by atoms with Crippen molar-refractivity contribution in [2.24, 2.45) is 5.92 Å². The average molecular weight is 674 g/mol. The lowest BCUT2D eigenvalue weighted by Crippen LogP contribution is -2.49. The lowest BCUT2D eigenvalue weighted by Gasteiger charge is -2.31. The van der Waals surface area contributed by atoms with Crippen molar-refractivity contribution in [2.45, 2.75) is 58.9 Å². The second-order valence-corrected chi connectivity index (χ2v) is 12.1. The molecule has 2 aromatic carbocycles. The molecule has 0 spiro atoms. The van der Waals surface area contributed by atoms with E-state index in [4.69, 9.17) is 14.0 Å². The zero-order valence-electron chi connectivity index (χ0n) is 26.4. The van der Waals surface area contributed by atoms with Crippen molar-refractivity contribution in [3.05, 3.63) is 65.9 Å². The van der Waals surface area contributed by atoms with Gasteiger partial charge in [0, 0.05) is 5.56 Å². The summed E-state index contributed by atoms with van der Waals surface area (Å²) >= 11 is 0. The fraction of sp³-hybridized carbons (Fsp3) is 0.375. The number of carbonyl (C=O) groups is 4. The number of benzene rings is 2. The van der Waals surface area contributed by atoms with Gasteiger partial charge in [0.25, 0.3) is 5.91 Å². The maximum absolute atomic E-state index is 13.4. The van der Waals surface area contributed by atoms with Crippen molar-refractivity contribution in [2.75, 3.05) is 13.3 Å². The van der Waals surface area contributed by atoms with Crippen molar-refractivity contribution in [1.29, 1.82) is 0 Å². The van der Waals surface area contributed by atoms with E-state index >= 15 is 0 Å². The highest BCUT2D eigenvalue weighted by molar-refractivity contribution is 7.60. The number of hydrogen-bond donors (Lipinski definition) is 5. The summed E-state index contributed by atoms with van der Waals surface area (Å²) in [5, 5.41) is 15.7. The molecule has 1 heterocycles. The summed E-state index contributed by atoms with van der Waals surface area (Å²) in [7, 11) is -4.61. The molecule has 14 nitrogen and oxygen atoms in total. The van der Waals surface area contributed by atoms with Gasteiger partial charge in [-0.25, -0.2) is 4.79 Å². The van der Waals surface area contributed by atoms with Crippen LogP contribution in [0.5, 0.6) is 11.5 Å². The van der Waals surface area contributed by atoms with Crippen molar-refractivity contribution >= 4 is 37.1 Å². The van der Waals surface area contributed by atoms with Crippen LogP contribution >= 0.6 is 7.60 Å². The number of ether oxygens (including phenoxy) is 1. The first-order valence-electron chi connectivity index (χ1n) is 15.2. The van der Waals surface area contributed by atoms with Gasteiger partial charge in [-0.3, -0.25) is 18.9 Å². The van der Waals surface area contributed by atoms with Crippen molar-refractivity contribution < 1.29 is 52.6 Å². The van der Waals surface area contributed by atoms with E-state index in [9.17, 15) is 38.6 Å². The van der Waals surface area contributed by atoms with Crippen LogP contribution in [0, 0.1) is 5.92 Å². The number of aromatic hydroxyl groups is 1. The van der Waals surface area contributed by atoms with Gasteiger partial charge >= 0.3 is 13.6 Å². The minimum Gasteiger partial charge on any atom is -0.507 e. The Hall–Kier alpha value is -4.65. The molecule has 0 aliphatic carbocycles. The standard InChI is InChI=1S/C32H40N3O11P/c1-4-7-8-11-24(26(5-2)35(20-36)46-32(40)25-12-9-10-13-27(25)37)30(38)33-19-34-31(39)29-15-14-28(45-29)21-16-22(44-6-3)18-23(17-21)47(41,42)43/h9-10,12-18,20,24,26,37H,4-8,11,19H2,1-3H3,(H,33,38)(H,34,39)(H2,41,42,43)/t24-,26-/m1/s1. The van der Waals surface area contributed by atoms with E-state index in [0.717, 1.165) is 17.9 Å². The van der Waals surface area contributed by atoms with Crippen LogP contribution in [-0.2, 0) is 19.0 Å². The number of rotatable bonds is 18. The molecule has 0 unspecified atom stereocenters. The monoisotopic (exact) mass is 673 g/mol. The van der Waals surface area contributed by atoms with Crippen LogP contribution < -0.4 is 20.7 Å². The first-order valence-corrected chi connectivity index (χ1v) is 16.8. The van der Waals surface area contributed by atoms with E-state index in [1.165, 1.54) is 54.6 Å².